The SMILES string of the molecule is C=C/C=C(C)\C=N\OC. The predicted molar refractivity (Wildman–Crippen MR) is 39.5 cm³/mol. The van der Waals surface area contributed by atoms with Gasteiger partial charge in [0, 0.05) is 0 Å². The second-order valence-corrected chi connectivity index (χ2v) is 1.56. The van der Waals surface area contributed by atoms with Crippen LogP contribution in [0.4, 0.5) is 0 Å². The second kappa shape index (κ2) is 5.09. The lowest BCUT2D eigenvalue weighted by Gasteiger charge is -1.85. The van der Waals surface area contributed by atoms with Crippen LogP contribution in [-0.4, -0.2) is 13.3 Å². The molecule has 0 bridgehead atoms. The maximum absolute atomic E-state index is 4.45. The summed E-state index contributed by atoms with van der Waals surface area (Å²) < 4.78 is 0. The van der Waals surface area contributed by atoms with E-state index in [-0.39, 0.29) is 0 Å². The smallest absolute Gasteiger partial charge is 0.106 e. The minimum absolute atomic E-state index is 1.02. The van der Waals surface area contributed by atoms with Crippen molar-refractivity contribution in [3.8, 4) is 0 Å². The Morgan fingerprint density at radius 1 is 1.67 bits per heavy atom. The van der Waals surface area contributed by atoms with Crippen LogP contribution in [0.3, 0.4) is 0 Å². The molecular weight excluding hydrogens is 114 g/mol. The van der Waals surface area contributed by atoms with E-state index < -0.39 is 0 Å². The van der Waals surface area contributed by atoms with Gasteiger partial charge in [0.2, 0.25) is 0 Å². The largest absolute Gasteiger partial charge is 0.399 e. The van der Waals surface area contributed by atoms with Gasteiger partial charge in [-0.3, -0.25) is 0 Å². The minimum atomic E-state index is 1.02. The molecule has 0 heterocycles. The van der Waals surface area contributed by atoms with Gasteiger partial charge in [-0.2, -0.15) is 0 Å². The first-order valence-corrected chi connectivity index (χ1v) is 2.67. The van der Waals surface area contributed by atoms with Gasteiger partial charge in [0.25, 0.3) is 0 Å². The summed E-state index contributed by atoms with van der Waals surface area (Å²) in [6.07, 6.45) is 5.18. The van der Waals surface area contributed by atoms with Gasteiger partial charge in [-0.15, -0.1) is 0 Å². The highest BCUT2D eigenvalue weighted by atomic mass is 16.6. The highest BCUT2D eigenvalue weighted by molar-refractivity contribution is 5.77. The van der Waals surface area contributed by atoms with Crippen LogP contribution in [0, 0.1) is 0 Å². The van der Waals surface area contributed by atoms with Gasteiger partial charge in [0.15, 0.2) is 0 Å². The highest BCUT2D eigenvalue weighted by Gasteiger charge is 1.75. The predicted octanol–water partition coefficient (Wildman–Crippen LogP) is 1.75. The first kappa shape index (κ1) is 7.95. The molecule has 0 saturated carbocycles. The average molecular weight is 125 g/mol. The third kappa shape index (κ3) is 4.81. The van der Waals surface area contributed by atoms with Crippen molar-refractivity contribution >= 4 is 6.21 Å². The third-order valence-electron chi connectivity index (χ3n) is 0.742. The quantitative estimate of drug-likeness (QED) is 0.320. The molecule has 2 heteroatoms. The van der Waals surface area contributed by atoms with Crippen molar-refractivity contribution in [2.24, 2.45) is 5.16 Å². The zero-order chi connectivity index (χ0) is 7.11. The first-order chi connectivity index (χ1) is 4.31. The molecule has 0 aliphatic heterocycles. The molecule has 0 spiro atoms. The molecular formula is C7H11NO. The third-order valence-corrected chi connectivity index (χ3v) is 0.742. The van der Waals surface area contributed by atoms with Gasteiger partial charge in [0.1, 0.15) is 7.11 Å². The molecule has 0 unspecified atom stereocenters. The summed E-state index contributed by atoms with van der Waals surface area (Å²) >= 11 is 0. The van der Waals surface area contributed by atoms with E-state index >= 15 is 0 Å². The minimum Gasteiger partial charge on any atom is -0.399 e. The summed E-state index contributed by atoms with van der Waals surface area (Å²) in [5.74, 6) is 0. The van der Waals surface area contributed by atoms with E-state index in [2.05, 4.69) is 16.6 Å². The van der Waals surface area contributed by atoms with Gasteiger partial charge < -0.3 is 4.84 Å². The fourth-order valence-corrected chi connectivity index (χ4v) is 0.365. The average Bonchev–Trinajstić information content (AvgIpc) is 1.85. The summed E-state index contributed by atoms with van der Waals surface area (Å²) in [6, 6.07) is 0. The zero-order valence-electron chi connectivity index (χ0n) is 5.79. The Morgan fingerprint density at radius 2 is 2.33 bits per heavy atom. The molecule has 0 N–H and O–H groups in total. The molecule has 0 aliphatic rings. The van der Waals surface area contributed by atoms with Crippen LogP contribution in [0.2, 0.25) is 0 Å². The number of allylic oxidation sites excluding steroid dienone is 3. The van der Waals surface area contributed by atoms with Crippen LogP contribution >= 0.6 is 0 Å². The van der Waals surface area contributed by atoms with E-state index in [9.17, 15) is 0 Å². The Labute approximate surface area is 55.5 Å². The van der Waals surface area contributed by atoms with Crippen molar-refractivity contribution in [2.45, 2.75) is 6.92 Å². The molecule has 9 heavy (non-hydrogen) atoms. The van der Waals surface area contributed by atoms with Crippen molar-refractivity contribution in [3.63, 3.8) is 0 Å². The second-order valence-electron chi connectivity index (χ2n) is 1.56. The fourth-order valence-electron chi connectivity index (χ4n) is 0.365. The van der Waals surface area contributed by atoms with Gasteiger partial charge in [-0.1, -0.05) is 23.9 Å². The highest BCUT2D eigenvalue weighted by Crippen LogP contribution is 1.86. The van der Waals surface area contributed by atoms with Crippen LogP contribution in [0.25, 0.3) is 0 Å². The number of rotatable bonds is 3. The van der Waals surface area contributed by atoms with E-state index in [0.29, 0.717) is 0 Å². The summed E-state index contributed by atoms with van der Waals surface area (Å²) in [6.45, 7) is 5.45. The molecule has 0 aromatic heterocycles. The molecule has 0 aliphatic carbocycles. The fraction of sp³-hybridized carbons (Fsp3) is 0.286. The topological polar surface area (TPSA) is 21.6 Å². The lowest BCUT2D eigenvalue weighted by molar-refractivity contribution is 0.215. The van der Waals surface area contributed by atoms with Crippen molar-refractivity contribution in [1.29, 1.82) is 0 Å². The molecule has 0 aromatic carbocycles. The Balaban J connectivity index is 3.74. The molecule has 0 atom stereocenters. The van der Waals surface area contributed by atoms with Crippen LogP contribution < -0.4 is 0 Å². The molecule has 0 amide bonds. The molecule has 0 radical (unpaired) electrons. The molecule has 0 fully saturated rings. The summed E-state index contributed by atoms with van der Waals surface area (Å²) in [4.78, 5) is 4.45. The lowest BCUT2D eigenvalue weighted by atomic mass is 10.3. The zero-order valence-corrected chi connectivity index (χ0v) is 5.79. The number of oxime groups is 1. The van der Waals surface area contributed by atoms with Crippen molar-refractivity contribution in [2.75, 3.05) is 7.11 Å². The lowest BCUT2D eigenvalue weighted by Crippen LogP contribution is -1.76. The maximum Gasteiger partial charge on any atom is 0.106 e. The monoisotopic (exact) mass is 125 g/mol. The number of nitrogens with zero attached hydrogens (tertiary/aromatic N) is 1. The molecule has 50 valence electrons. The van der Waals surface area contributed by atoms with E-state index in [1.54, 1.807) is 12.3 Å². The molecule has 0 aromatic rings. The standard InChI is InChI=1S/C7H11NO/c1-4-5-7(2)6-8-9-3/h4-6H,1H2,2-3H3/b7-5-,8-6+. The summed E-state index contributed by atoms with van der Waals surface area (Å²) in [7, 11) is 1.51. The van der Waals surface area contributed by atoms with E-state index in [1.165, 1.54) is 7.11 Å². The van der Waals surface area contributed by atoms with Crippen LogP contribution in [-0.2, 0) is 4.84 Å². The van der Waals surface area contributed by atoms with E-state index in [0.717, 1.165) is 5.57 Å². The van der Waals surface area contributed by atoms with Gasteiger partial charge in [-0.25, -0.2) is 0 Å². The number of hydrogen-bond acceptors (Lipinski definition) is 2. The van der Waals surface area contributed by atoms with Crippen LogP contribution in [0.1, 0.15) is 6.92 Å². The first-order valence-electron chi connectivity index (χ1n) is 2.67. The molecule has 0 saturated heterocycles. The van der Waals surface area contributed by atoms with Crippen LogP contribution in [0.15, 0.2) is 29.5 Å². The van der Waals surface area contributed by atoms with E-state index in [1.807, 2.05) is 13.0 Å². The molecule has 2 nitrogen and oxygen atoms in total. The van der Waals surface area contributed by atoms with Gasteiger partial charge in [-0.05, 0) is 12.5 Å². The molecule has 0 rings (SSSR count). The number of hydrogen-bond donors (Lipinski definition) is 0. The van der Waals surface area contributed by atoms with Gasteiger partial charge >= 0.3 is 0 Å². The Hall–Kier alpha value is -1.05. The van der Waals surface area contributed by atoms with Gasteiger partial charge in [0.05, 0.1) is 6.21 Å². The van der Waals surface area contributed by atoms with E-state index in [4.69, 9.17) is 0 Å². The normalized spacial score (nSPS) is 12.0. The Bertz CT molecular complexity index is 136. The Kier molecular flexibility index (Phi) is 4.50. The summed E-state index contributed by atoms with van der Waals surface area (Å²) in [5, 5.41) is 3.55. The van der Waals surface area contributed by atoms with Crippen molar-refractivity contribution < 1.29 is 4.84 Å². The maximum atomic E-state index is 4.45. The summed E-state index contributed by atoms with van der Waals surface area (Å²) in [5.41, 5.74) is 1.02. The van der Waals surface area contributed by atoms with Crippen LogP contribution in [0.5, 0.6) is 0 Å². The Morgan fingerprint density at radius 3 is 2.78 bits per heavy atom. The van der Waals surface area contributed by atoms with Crippen molar-refractivity contribution in [1.82, 2.24) is 0 Å². The van der Waals surface area contributed by atoms with Crippen molar-refractivity contribution in [3.05, 3.63) is 24.3 Å².